The SMILES string of the molecule is COc1c(Br)cc(C2(CN)CC2)cc1OC1CCCC1. The first kappa shape index (κ1) is 14.2. The lowest BCUT2D eigenvalue weighted by molar-refractivity contribution is 0.200. The summed E-state index contributed by atoms with van der Waals surface area (Å²) < 4.78 is 12.7. The van der Waals surface area contributed by atoms with E-state index in [2.05, 4.69) is 28.1 Å². The fourth-order valence-corrected chi connectivity index (χ4v) is 3.71. The van der Waals surface area contributed by atoms with Gasteiger partial charge in [-0.05, 0) is 72.2 Å². The molecule has 3 nitrogen and oxygen atoms in total. The van der Waals surface area contributed by atoms with E-state index in [0.717, 1.165) is 28.8 Å². The topological polar surface area (TPSA) is 44.5 Å². The zero-order chi connectivity index (χ0) is 14.2. The van der Waals surface area contributed by atoms with E-state index in [0.29, 0.717) is 12.6 Å². The Morgan fingerprint density at radius 1 is 1.30 bits per heavy atom. The highest BCUT2D eigenvalue weighted by molar-refractivity contribution is 9.10. The van der Waals surface area contributed by atoms with Crippen LogP contribution in [0.3, 0.4) is 0 Å². The van der Waals surface area contributed by atoms with Crippen molar-refractivity contribution in [2.75, 3.05) is 13.7 Å². The van der Waals surface area contributed by atoms with E-state index in [4.69, 9.17) is 15.2 Å². The molecule has 2 aliphatic carbocycles. The lowest BCUT2D eigenvalue weighted by Crippen LogP contribution is -2.20. The number of nitrogens with two attached hydrogens (primary N) is 1. The summed E-state index contributed by atoms with van der Waals surface area (Å²) in [4.78, 5) is 0. The van der Waals surface area contributed by atoms with Gasteiger partial charge in [-0.15, -0.1) is 0 Å². The summed E-state index contributed by atoms with van der Waals surface area (Å²) >= 11 is 3.61. The molecular formula is C16H22BrNO2. The second-order valence-corrected chi connectivity index (χ2v) is 6.85. The minimum Gasteiger partial charge on any atom is -0.492 e. The molecule has 0 aromatic heterocycles. The maximum Gasteiger partial charge on any atom is 0.174 e. The fraction of sp³-hybridized carbons (Fsp3) is 0.625. The molecule has 2 saturated carbocycles. The predicted octanol–water partition coefficient (Wildman–Crippen LogP) is 3.77. The van der Waals surface area contributed by atoms with Crippen LogP contribution in [0, 0.1) is 0 Å². The Labute approximate surface area is 129 Å². The van der Waals surface area contributed by atoms with E-state index in [1.165, 1.54) is 31.2 Å². The van der Waals surface area contributed by atoms with Gasteiger partial charge in [0.05, 0.1) is 17.7 Å². The number of hydrogen-bond donors (Lipinski definition) is 1. The van der Waals surface area contributed by atoms with Crippen LogP contribution in [-0.2, 0) is 5.41 Å². The van der Waals surface area contributed by atoms with E-state index in [1.807, 2.05) is 0 Å². The van der Waals surface area contributed by atoms with Crippen LogP contribution in [0.15, 0.2) is 16.6 Å². The molecule has 4 heteroatoms. The van der Waals surface area contributed by atoms with Crippen LogP contribution in [-0.4, -0.2) is 19.8 Å². The zero-order valence-corrected chi connectivity index (χ0v) is 13.5. The van der Waals surface area contributed by atoms with Gasteiger partial charge in [0.15, 0.2) is 11.5 Å². The Morgan fingerprint density at radius 2 is 2.00 bits per heavy atom. The summed E-state index contributed by atoms with van der Waals surface area (Å²) in [6.07, 6.45) is 7.50. The minimum atomic E-state index is 0.169. The molecule has 0 aliphatic heterocycles. The van der Waals surface area contributed by atoms with E-state index < -0.39 is 0 Å². The molecule has 0 unspecified atom stereocenters. The van der Waals surface area contributed by atoms with Gasteiger partial charge in [0, 0.05) is 12.0 Å². The first-order valence-corrected chi connectivity index (χ1v) is 8.22. The van der Waals surface area contributed by atoms with Gasteiger partial charge < -0.3 is 15.2 Å². The smallest absolute Gasteiger partial charge is 0.174 e. The highest BCUT2D eigenvalue weighted by Gasteiger charge is 2.43. The highest BCUT2D eigenvalue weighted by Crippen LogP contribution is 2.51. The Balaban J connectivity index is 1.92. The number of methoxy groups -OCH3 is 1. The highest BCUT2D eigenvalue weighted by atomic mass is 79.9. The van der Waals surface area contributed by atoms with Gasteiger partial charge in [-0.25, -0.2) is 0 Å². The van der Waals surface area contributed by atoms with Crippen LogP contribution in [0.5, 0.6) is 11.5 Å². The lowest BCUT2D eigenvalue weighted by atomic mass is 9.96. The Bertz CT molecular complexity index is 493. The van der Waals surface area contributed by atoms with Gasteiger partial charge in [-0.1, -0.05) is 0 Å². The van der Waals surface area contributed by atoms with Crippen molar-refractivity contribution in [3.05, 3.63) is 22.2 Å². The molecule has 0 heterocycles. The number of halogens is 1. The third kappa shape index (κ3) is 2.56. The first-order chi connectivity index (χ1) is 9.68. The molecule has 2 N–H and O–H groups in total. The maximum atomic E-state index is 6.19. The quantitative estimate of drug-likeness (QED) is 0.887. The van der Waals surface area contributed by atoms with E-state index in [1.54, 1.807) is 7.11 Å². The molecule has 0 saturated heterocycles. The van der Waals surface area contributed by atoms with Crippen LogP contribution in [0.1, 0.15) is 44.1 Å². The van der Waals surface area contributed by atoms with E-state index in [-0.39, 0.29) is 5.41 Å². The van der Waals surface area contributed by atoms with Crippen LogP contribution < -0.4 is 15.2 Å². The molecule has 20 heavy (non-hydrogen) atoms. The second-order valence-electron chi connectivity index (χ2n) is 6.00. The number of rotatable bonds is 5. The van der Waals surface area contributed by atoms with Crippen LogP contribution in [0.4, 0.5) is 0 Å². The average Bonchev–Trinajstić information content (AvgIpc) is 3.09. The van der Waals surface area contributed by atoms with Gasteiger partial charge in [0.1, 0.15) is 0 Å². The summed E-state index contributed by atoms with van der Waals surface area (Å²) in [5.41, 5.74) is 7.40. The monoisotopic (exact) mass is 339 g/mol. The zero-order valence-electron chi connectivity index (χ0n) is 12.0. The van der Waals surface area contributed by atoms with Crippen molar-refractivity contribution < 1.29 is 9.47 Å². The summed E-state index contributed by atoms with van der Waals surface area (Å²) in [6.45, 7) is 0.703. The predicted molar refractivity (Wildman–Crippen MR) is 83.5 cm³/mol. The van der Waals surface area contributed by atoms with Crippen molar-refractivity contribution >= 4 is 15.9 Å². The van der Waals surface area contributed by atoms with Gasteiger partial charge in [-0.2, -0.15) is 0 Å². The van der Waals surface area contributed by atoms with Crippen LogP contribution in [0.2, 0.25) is 0 Å². The maximum absolute atomic E-state index is 6.19. The Kier molecular flexibility index (Phi) is 3.95. The molecular weight excluding hydrogens is 318 g/mol. The van der Waals surface area contributed by atoms with Crippen molar-refractivity contribution in [3.63, 3.8) is 0 Å². The summed E-state index contributed by atoms with van der Waals surface area (Å²) in [7, 11) is 1.69. The summed E-state index contributed by atoms with van der Waals surface area (Å²) in [6, 6.07) is 4.28. The third-order valence-electron chi connectivity index (χ3n) is 4.67. The molecule has 0 atom stereocenters. The van der Waals surface area contributed by atoms with Crippen molar-refractivity contribution in [3.8, 4) is 11.5 Å². The molecule has 0 radical (unpaired) electrons. The molecule has 0 spiro atoms. The molecule has 0 bridgehead atoms. The average molecular weight is 340 g/mol. The minimum absolute atomic E-state index is 0.169. The second kappa shape index (κ2) is 5.57. The largest absolute Gasteiger partial charge is 0.492 e. The standard InChI is InChI=1S/C16H22BrNO2/c1-19-15-13(17)8-11(16(10-18)6-7-16)9-14(15)20-12-4-2-3-5-12/h8-9,12H,2-7,10,18H2,1H3. The van der Waals surface area contributed by atoms with Gasteiger partial charge in [-0.3, -0.25) is 0 Å². The van der Waals surface area contributed by atoms with Gasteiger partial charge >= 0.3 is 0 Å². The van der Waals surface area contributed by atoms with Crippen LogP contribution >= 0.6 is 15.9 Å². The Hall–Kier alpha value is -0.740. The van der Waals surface area contributed by atoms with E-state index >= 15 is 0 Å². The molecule has 1 aromatic carbocycles. The Morgan fingerprint density at radius 3 is 2.55 bits per heavy atom. The summed E-state index contributed by atoms with van der Waals surface area (Å²) in [5, 5.41) is 0. The third-order valence-corrected chi connectivity index (χ3v) is 5.26. The normalized spacial score (nSPS) is 20.9. The van der Waals surface area contributed by atoms with Crippen molar-refractivity contribution in [2.24, 2.45) is 5.73 Å². The van der Waals surface area contributed by atoms with Gasteiger partial charge in [0.25, 0.3) is 0 Å². The fourth-order valence-electron chi connectivity index (χ4n) is 3.11. The first-order valence-electron chi connectivity index (χ1n) is 7.43. The van der Waals surface area contributed by atoms with Crippen molar-refractivity contribution in [1.29, 1.82) is 0 Å². The van der Waals surface area contributed by atoms with Crippen molar-refractivity contribution in [1.82, 2.24) is 0 Å². The molecule has 2 fully saturated rings. The van der Waals surface area contributed by atoms with E-state index in [9.17, 15) is 0 Å². The van der Waals surface area contributed by atoms with Crippen molar-refractivity contribution in [2.45, 2.75) is 50.0 Å². The number of hydrogen-bond acceptors (Lipinski definition) is 3. The van der Waals surface area contributed by atoms with Gasteiger partial charge in [0.2, 0.25) is 0 Å². The number of benzene rings is 1. The lowest BCUT2D eigenvalue weighted by Gasteiger charge is -2.21. The number of ether oxygens (including phenoxy) is 2. The molecule has 3 rings (SSSR count). The summed E-state index contributed by atoms with van der Waals surface area (Å²) in [5.74, 6) is 1.66. The molecule has 2 aliphatic rings. The molecule has 110 valence electrons. The van der Waals surface area contributed by atoms with Crippen LogP contribution in [0.25, 0.3) is 0 Å². The molecule has 0 amide bonds. The molecule has 1 aromatic rings.